The summed E-state index contributed by atoms with van der Waals surface area (Å²) in [6, 6.07) is 4.61. The van der Waals surface area contributed by atoms with Crippen LogP contribution in [0.4, 0.5) is 10.1 Å². The van der Waals surface area contributed by atoms with Gasteiger partial charge in [0, 0.05) is 29.1 Å². The molecule has 0 aliphatic carbocycles. The second-order valence-corrected chi connectivity index (χ2v) is 11.7. The van der Waals surface area contributed by atoms with Crippen LogP contribution < -0.4 is 10.3 Å². The van der Waals surface area contributed by atoms with Gasteiger partial charge in [-0.3, -0.25) is 24.0 Å². The molecule has 2 aromatic heterocycles. The van der Waals surface area contributed by atoms with E-state index in [1.165, 1.54) is 10.6 Å². The molecule has 34 heavy (non-hydrogen) atoms. The number of carbonyl (C=O) groups excluding carboxylic acids is 1. The second-order valence-electron chi connectivity index (χ2n) is 8.74. The van der Waals surface area contributed by atoms with Crippen LogP contribution >= 0.6 is 0 Å². The Bertz CT molecular complexity index is 1480. The van der Waals surface area contributed by atoms with E-state index in [1.54, 1.807) is 24.8 Å². The fourth-order valence-electron chi connectivity index (χ4n) is 4.13. The number of H-pyrrole nitrogens is 1. The number of aromatic nitrogens is 3. The lowest BCUT2D eigenvalue weighted by Gasteiger charge is -2.37. The summed E-state index contributed by atoms with van der Waals surface area (Å²) in [5, 5.41) is 4.89. The summed E-state index contributed by atoms with van der Waals surface area (Å²) in [6.45, 7) is 3.84. The van der Waals surface area contributed by atoms with Crippen LogP contribution in [-0.4, -0.2) is 47.0 Å². The minimum atomic E-state index is -4.71. The molecule has 180 valence electrons. The van der Waals surface area contributed by atoms with Crippen LogP contribution in [0.1, 0.15) is 52.6 Å². The number of benzene rings is 1. The predicted molar refractivity (Wildman–Crippen MR) is 128 cm³/mol. The quantitative estimate of drug-likeness (QED) is 0.489. The molecule has 0 bridgehead atoms. The van der Waals surface area contributed by atoms with Gasteiger partial charge in [0.15, 0.2) is 5.65 Å². The number of amides is 1. The molecule has 1 fully saturated rings. The third kappa shape index (κ3) is 4.34. The topological polar surface area (TPSA) is 120 Å². The van der Waals surface area contributed by atoms with Crippen molar-refractivity contribution in [3.05, 3.63) is 63.0 Å². The van der Waals surface area contributed by atoms with Crippen molar-refractivity contribution in [2.24, 2.45) is 0 Å². The van der Waals surface area contributed by atoms with Gasteiger partial charge in [-0.05, 0) is 51.3 Å². The van der Waals surface area contributed by atoms with Crippen molar-refractivity contribution in [3.63, 3.8) is 0 Å². The lowest BCUT2D eigenvalue weighted by molar-refractivity contribution is 0.0606. The molecule has 0 spiro atoms. The second kappa shape index (κ2) is 8.07. The Morgan fingerprint density at radius 3 is 2.79 bits per heavy atom. The Balaban J connectivity index is 1.77. The molecule has 1 saturated heterocycles. The molecular weight excluding hydrogens is 461 g/mol. The molecule has 1 aromatic carbocycles. The summed E-state index contributed by atoms with van der Waals surface area (Å²) in [5.74, 6) is -1.20. The molecule has 11 heteroatoms. The zero-order valence-electron chi connectivity index (χ0n) is 19.1. The average Bonchev–Trinajstić information content (AvgIpc) is 3.22. The van der Waals surface area contributed by atoms with Crippen molar-refractivity contribution < 1.29 is 17.9 Å². The van der Waals surface area contributed by atoms with Crippen molar-refractivity contribution in [2.75, 3.05) is 17.5 Å². The van der Waals surface area contributed by atoms with Gasteiger partial charge in [0.05, 0.1) is 29.2 Å². The number of halogens is 1. The van der Waals surface area contributed by atoms with Crippen molar-refractivity contribution in [3.8, 4) is 11.7 Å². The number of aryl methyl sites for hydroxylation is 1. The molecule has 1 amide bonds. The molecule has 0 unspecified atom stereocenters. The number of rotatable bonds is 4. The van der Waals surface area contributed by atoms with E-state index in [2.05, 4.69) is 14.8 Å². The van der Waals surface area contributed by atoms with Crippen LogP contribution in [0, 0.1) is 31.3 Å². The molecule has 3 heterocycles. The van der Waals surface area contributed by atoms with Crippen molar-refractivity contribution in [1.82, 2.24) is 19.5 Å². The Labute approximate surface area is 195 Å². The minimum Gasteiger partial charge on any atom is -0.330 e. The van der Waals surface area contributed by atoms with Gasteiger partial charge >= 0.3 is 0 Å². The average molecular weight is 488 g/mol. The van der Waals surface area contributed by atoms with E-state index in [-0.39, 0.29) is 16.8 Å². The lowest BCUT2D eigenvalue weighted by atomic mass is 9.98. The summed E-state index contributed by atoms with van der Waals surface area (Å²) in [4.78, 5) is 32.3. The van der Waals surface area contributed by atoms with Gasteiger partial charge in [-0.2, -0.15) is 4.21 Å². The van der Waals surface area contributed by atoms with Crippen LogP contribution in [0.25, 0.3) is 5.65 Å². The Hall–Kier alpha value is -3.49. The van der Waals surface area contributed by atoms with E-state index >= 15 is 0 Å². The van der Waals surface area contributed by atoms with E-state index in [0.717, 1.165) is 31.2 Å². The standard InChI is InChI=1S/C23H26FN5O4S/c1-5-34(4,32,33)27-18-10-9-16(24)12-17(18)23(31)28-11-7-6-8-20(28)19-13-21-25-15(3)14(2)22(30)29(21)26-19/h1,9-10,12-13,20,26H,6-8,11H2,2-4H3,(H2,27,32,33)/t20-/m0/s1. The van der Waals surface area contributed by atoms with E-state index < -0.39 is 27.3 Å². The molecule has 4 rings (SSSR count). The molecule has 9 nitrogen and oxygen atoms in total. The number of aromatic amines is 1. The summed E-state index contributed by atoms with van der Waals surface area (Å²) < 4.78 is 40.7. The molecule has 3 aromatic rings. The van der Waals surface area contributed by atoms with Gasteiger partial charge in [0.25, 0.3) is 11.5 Å². The Morgan fingerprint density at radius 2 is 2.09 bits per heavy atom. The maximum absolute atomic E-state index is 14.1. The molecule has 3 N–H and O–H groups in total. The first-order valence-electron chi connectivity index (χ1n) is 10.7. The molecule has 1 aliphatic heterocycles. The van der Waals surface area contributed by atoms with Crippen molar-refractivity contribution in [1.29, 1.82) is 0 Å². The van der Waals surface area contributed by atoms with Crippen LogP contribution in [0.3, 0.4) is 0 Å². The third-order valence-corrected chi connectivity index (χ3v) is 7.32. The van der Waals surface area contributed by atoms with E-state index in [9.17, 15) is 22.7 Å². The van der Waals surface area contributed by atoms with Crippen LogP contribution in [-0.2, 0) is 9.53 Å². The molecular formula is C23H26FN5O4S. The van der Waals surface area contributed by atoms with Gasteiger partial charge in [0.1, 0.15) is 5.82 Å². The Morgan fingerprint density at radius 1 is 1.35 bits per heavy atom. The summed E-state index contributed by atoms with van der Waals surface area (Å²) in [6.07, 6.45) is 8.35. The van der Waals surface area contributed by atoms with Crippen LogP contribution in [0.15, 0.2) is 29.1 Å². The third-order valence-electron chi connectivity index (χ3n) is 6.07. The van der Waals surface area contributed by atoms with Crippen LogP contribution in [0.2, 0.25) is 0 Å². The highest BCUT2D eigenvalue weighted by Crippen LogP contribution is 2.34. The minimum absolute atomic E-state index is 0.0449. The monoisotopic (exact) mass is 487 g/mol. The SMILES string of the molecule is C#CS(C)(=O)(O)Nc1ccc(F)cc1C(=O)N1CCCC[C@H]1c1cc2nc(C)c(C)c(=O)n2[nH]1. The first-order chi connectivity index (χ1) is 15.9. The summed E-state index contributed by atoms with van der Waals surface area (Å²) in [5.41, 5.74) is 1.83. The van der Waals surface area contributed by atoms with Crippen molar-refractivity contribution in [2.45, 2.75) is 39.2 Å². The highest BCUT2D eigenvalue weighted by atomic mass is 32.3. The number of nitrogens with one attached hydrogen (secondary N) is 2. The molecule has 1 atom stereocenters. The molecule has 0 saturated carbocycles. The highest BCUT2D eigenvalue weighted by molar-refractivity contribution is 8.19. The first kappa shape index (κ1) is 23.7. The zero-order chi connectivity index (χ0) is 24.9. The number of anilines is 1. The first-order valence-corrected chi connectivity index (χ1v) is 13.1. The summed E-state index contributed by atoms with van der Waals surface area (Å²) in [7, 11) is -4.71. The highest BCUT2D eigenvalue weighted by Gasteiger charge is 2.32. The van der Waals surface area contributed by atoms with E-state index in [4.69, 9.17) is 6.42 Å². The number of fused-ring (bicyclic) bond motifs is 1. The van der Waals surface area contributed by atoms with E-state index in [0.29, 0.717) is 35.6 Å². The molecule has 0 radical (unpaired) electrons. The van der Waals surface area contributed by atoms with Gasteiger partial charge in [0.2, 0.25) is 0 Å². The lowest BCUT2D eigenvalue weighted by Crippen LogP contribution is -2.41. The maximum Gasteiger partial charge on any atom is 0.275 e. The predicted octanol–water partition coefficient (Wildman–Crippen LogP) is 2.99. The number of likely N-dealkylation sites (tertiary alicyclic amines) is 1. The smallest absolute Gasteiger partial charge is 0.275 e. The number of hydrogen-bond acceptors (Lipinski definition) is 4. The molecule has 1 aliphatic rings. The fraction of sp³-hybridized carbons (Fsp3) is 0.348. The number of piperidine rings is 1. The number of terminal acetylenes is 1. The van der Waals surface area contributed by atoms with Gasteiger partial charge in [-0.15, -0.1) is 0 Å². The van der Waals surface area contributed by atoms with Crippen LogP contribution in [0.5, 0.6) is 0 Å². The van der Waals surface area contributed by atoms with Gasteiger partial charge in [-0.1, -0.05) is 16.0 Å². The maximum atomic E-state index is 14.1. The normalized spacial score (nSPS) is 17.7. The number of nitrogens with zero attached hydrogens (tertiary/aromatic N) is 3. The largest absolute Gasteiger partial charge is 0.330 e. The van der Waals surface area contributed by atoms with Gasteiger partial charge in [-0.25, -0.2) is 13.9 Å². The Kier molecular flexibility index (Phi) is 5.62. The summed E-state index contributed by atoms with van der Waals surface area (Å²) >= 11 is 0. The van der Waals surface area contributed by atoms with Crippen molar-refractivity contribution >= 4 is 26.8 Å². The number of hydrogen-bond donors (Lipinski definition) is 3. The van der Waals surface area contributed by atoms with E-state index in [1.807, 2.05) is 5.25 Å². The zero-order valence-corrected chi connectivity index (χ0v) is 19.9. The van der Waals surface area contributed by atoms with Gasteiger partial charge < -0.3 is 4.90 Å². The fourth-order valence-corrected chi connectivity index (χ4v) is 4.89. The number of carbonyl (C=O) groups is 1.